The van der Waals surface area contributed by atoms with Crippen molar-refractivity contribution in [3.63, 3.8) is 0 Å². The number of rotatable bonds is 9. The van der Waals surface area contributed by atoms with Gasteiger partial charge in [-0.2, -0.15) is 4.79 Å². The van der Waals surface area contributed by atoms with Crippen LogP contribution in [0.2, 0.25) is 0 Å². The van der Waals surface area contributed by atoms with Gasteiger partial charge in [0.25, 0.3) is 5.91 Å². The smallest absolute Gasteiger partial charge is 0.326 e. The van der Waals surface area contributed by atoms with Crippen molar-refractivity contribution in [3.05, 3.63) is 35.4 Å². The Labute approximate surface area is 136 Å². The van der Waals surface area contributed by atoms with Gasteiger partial charge in [0.05, 0.1) is 11.9 Å². The van der Waals surface area contributed by atoms with Gasteiger partial charge in [-0.15, -0.1) is 0 Å². The van der Waals surface area contributed by atoms with Crippen molar-refractivity contribution in [1.82, 2.24) is 10.3 Å². The van der Waals surface area contributed by atoms with Gasteiger partial charge in [-0.05, 0) is 18.6 Å². The predicted molar refractivity (Wildman–Crippen MR) is 77.4 cm³/mol. The lowest BCUT2D eigenvalue weighted by atomic mass is 10.1. The molecule has 0 aliphatic rings. The number of carboxylic acids is 1. The minimum absolute atomic E-state index is 0.101. The average molecular weight is 338 g/mol. The van der Waals surface area contributed by atoms with Crippen LogP contribution in [0.3, 0.4) is 0 Å². The maximum Gasteiger partial charge on any atom is 0.326 e. The highest BCUT2D eigenvalue weighted by Gasteiger charge is 2.27. The molecule has 2 atom stereocenters. The Morgan fingerprint density at radius 2 is 2.21 bits per heavy atom. The van der Waals surface area contributed by atoms with E-state index in [2.05, 4.69) is 15.1 Å². The molecule has 0 unspecified atom stereocenters. The molecule has 0 spiro atoms. The number of methoxy groups -OCH3 is 1. The second-order valence-corrected chi connectivity index (χ2v) is 4.67. The van der Waals surface area contributed by atoms with E-state index in [1.807, 2.05) is 0 Å². The van der Waals surface area contributed by atoms with Crippen LogP contribution in [0.25, 0.3) is 5.53 Å². The van der Waals surface area contributed by atoms with Gasteiger partial charge in [-0.3, -0.25) is 14.6 Å². The first kappa shape index (κ1) is 19.1. The van der Waals surface area contributed by atoms with Crippen LogP contribution in [0, 0.1) is 5.82 Å². The topological polar surface area (TPSA) is 142 Å². The number of carboxylic acid groups (broad SMARTS) is 1. The Morgan fingerprint density at radius 3 is 2.71 bits per heavy atom. The van der Waals surface area contributed by atoms with E-state index in [0.29, 0.717) is 6.21 Å². The zero-order valence-electron chi connectivity index (χ0n) is 12.7. The van der Waals surface area contributed by atoms with Crippen molar-refractivity contribution in [1.29, 1.82) is 0 Å². The van der Waals surface area contributed by atoms with Gasteiger partial charge in [0.1, 0.15) is 11.9 Å². The van der Waals surface area contributed by atoms with Gasteiger partial charge >= 0.3 is 12.2 Å². The largest absolute Gasteiger partial charge is 0.480 e. The Balaban J connectivity index is 2.78. The number of hydrogen-bond acceptors (Lipinski definition) is 5. The van der Waals surface area contributed by atoms with E-state index < -0.39 is 35.6 Å². The fraction of sp³-hybridized carbons (Fsp3) is 0.357. The molecule has 9 nitrogen and oxygen atoms in total. The van der Waals surface area contributed by atoms with Crippen LogP contribution in [0.1, 0.15) is 24.6 Å². The second kappa shape index (κ2) is 9.23. The van der Waals surface area contributed by atoms with Crippen molar-refractivity contribution in [2.75, 3.05) is 7.11 Å². The number of aliphatic carboxylic acids is 1. The first-order valence-corrected chi connectivity index (χ1v) is 6.76. The summed E-state index contributed by atoms with van der Waals surface area (Å²) in [5, 5.41) is 11.3. The molecular formula is C14H15FN4O5. The first-order chi connectivity index (χ1) is 11.4. The summed E-state index contributed by atoms with van der Waals surface area (Å²) in [6.07, 6.45) is -0.147. The van der Waals surface area contributed by atoms with Crippen LogP contribution < -0.4 is 5.32 Å². The summed E-state index contributed by atoms with van der Waals surface area (Å²) in [4.78, 5) is 40.8. The number of hydrogen-bond donors (Lipinski definition) is 2. The third kappa shape index (κ3) is 5.67. The third-order valence-electron chi connectivity index (χ3n) is 2.99. The molecule has 128 valence electrons. The van der Waals surface area contributed by atoms with Crippen molar-refractivity contribution >= 4 is 23.9 Å². The minimum Gasteiger partial charge on any atom is -0.480 e. The number of ether oxygens (including phenoxy) is 1. The molecule has 0 aromatic carbocycles. The number of amides is 1. The Hall–Kier alpha value is -2.97. The van der Waals surface area contributed by atoms with Gasteiger partial charge in [0.2, 0.25) is 5.78 Å². The number of pyridine rings is 1. The van der Waals surface area contributed by atoms with E-state index in [0.717, 1.165) is 12.3 Å². The van der Waals surface area contributed by atoms with E-state index in [1.54, 1.807) is 0 Å². The van der Waals surface area contributed by atoms with E-state index in [9.17, 15) is 18.8 Å². The van der Waals surface area contributed by atoms with Crippen molar-refractivity contribution < 1.29 is 33.4 Å². The zero-order valence-corrected chi connectivity index (χ0v) is 12.7. The molecule has 10 heteroatoms. The van der Waals surface area contributed by atoms with Crippen molar-refractivity contribution in [2.45, 2.75) is 25.0 Å². The van der Waals surface area contributed by atoms with Crippen molar-refractivity contribution in [2.24, 2.45) is 0 Å². The monoisotopic (exact) mass is 338 g/mol. The summed E-state index contributed by atoms with van der Waals surface area (Å²) in [6, 6.07) is 0.968. The summed E-state index contributed by atoms with van der Waals surface area (Å²) in [6.45, 7) is 0. The molecular weight excluding hydrogens is 323 g/mol. The highest BCUT2D eigenvalue weighted by Crippen LogP contribution is 2.15. The number of halogens is 1. The molecule has 1 heterocycles. The number of carbonyl (C=O) groups is 3. The first-order valence-electron chi connectivity index (χ1n) is 6.76. The van der Waals surface area contributed by atoms with E-state index in [4.69, 9.17) is 15.4 Å². The molecule has 24 heavy (non-hydrogen) atoms. The lowest BCUT2D eigenvalue weighted by Crippen LogP contribution is -2.43. The van der Waals surface area contributed by atoms with Crippen LogP contribution in [-0.2, 0) is 19.1 Å². The highest BCUT2D eigenvalue weighted by atomic mass is 19.1. The molecule has 1 aromatic heterocycles. The highest BCUT2D eigenvalue weighted by molar-refractivity contribution is 6.25. The number of nitrogens with zero attached hydrogens (tertiary/aromatic N) is 3. The van der Waals surface area contributed by atoms with Crippen molar-refractivity contribution in [3.8, 4) is 0 Å². The molecule has 2 N–H and O–H groups in total. The van der Waals surface area contributed by atoms with Crippen LogP contribution in [0.15, 0.2) is 18.3 Å². The number of aromatic nitrogens is 1. The lowest BCUT2D eigenvalue weighted by Gasteiger charge is -2.18. The third-order valence-corrected chi connectivity index (χ3v) is 2.99. The maximum atomic E-state index is 12.9. The van der Waals surface area contributed by atoms with Gasteiger partial charge < -0.3 is 20.7 Å². The standard InChI is InChI=1S/C14H15FN4O5/c1-24-12(10-4-2-8(15)6-17-10)13(21)19-11(14(22)23)5-3-9(20)7-18-16/h2,4,6-7,11-12H,3,5H2,1H3,(H,19,21)(H,22,23)/t11-,12+/m0/s1. The minimum atomic E-state index is -1.35. The van der Waals surface area contributed by atoms with Gasteiger partial charge in [0.15, 0.2) is 6.10 Å². The van der Waals surface area contributed by atoms with E-state index >= 15 is 0 Å². The van der Waals surface area contributed by atoms with Crippen LogP contribution in [0.5, 0.6) is 0 Å². The molecule has 0 saturated heterocycles. The Morgan fingerprint density at radius 1 is 1.50 bits per heavy atom. The quantitative estimate of drug-likeness (QED) is 0.372. The maximum absolute atomic E-state index is 12.9. The molecule has 0 fully saturated rings. The Bertz CT molecular complexity index is 658. The summed E-state index contributed by atoms with van der Waals surface area (Å²) in [7, 11) is 1.21. The lowest BCUT2D eigenvalue weighted by molar-refractivity contribution is -0.144. The van der Waals surface area contributed by atoms with Gasteiger partial charge in [-0.25, -0.2) is 9.18 Å². The SMILES string of the molecule is CO[C@@H](C(=O)N[C@@H](CCC(=O)C=[N+]=[N-])C(=O)O)c1ccc(F)cn1. The molecule has 0 saturated carbocycles. The fourth-order valence-corrected chi connectivity index (χ4v) is 1.82. The fourth-order valence-electron chi connectivity index (χ4n) is 1.82. The molecule has 0 radical (unpaired) electrons. The van der Waals surface area contributed by atoms with Gasteiger partial charge in [-0.1, -0.05) is 0 Å². The zero-order chi connectivity index (χ0) is 18.1. The molecule has 0 bridgehead atoms. The number of ketones is 1. The molecule has 0 aliphatic heterocycles. The summed E-state index contributed by atoms with van der Waals surface area (Å²) >= 11 is 0. The summed E-state index contributed by atoms with van der Waals surface area (Å²) < 4.78 is 17.8. The van der Waals surface area contributed by atoms with Crippen LogP contribution in [0.4, 0.5) is 4.39 Å². The average Bonchev–Trinajstić information content (AvgIpc) is 2.53. The normalized spacial score (nSPS) is 12.6. The molecule has 1 aromatic rings. The molecule has 1 amide bonds. The van der Waals surface area contributed by atoms with Crippen LogP contribution >= 0.6 is 0 Å². The van der Waals surface area contributed by atoms with E-state index in [1.165, 1.54) is 13.2 Å². The number of nitrogens with one attached hydrogen (secondary N) is 1. The molecule has 1 rings (SSSR count). The Kier molecular flexibility index (Phi) is 7.34. The predicted octanol–water partition coefficient (Wildman–Crippen LogP) is 0.127. The van der Waals surface area contributed by atoms with Crippen LogP contribution in [-0.4, -0.2) is 51.9 Å². The number of carbonyl (C=O) groups excluding carboxylic acids is 2. The summed E-state index contributed by atoms with van der Waals surface area (Å²) in [5.74, 6) is -3.34. The van der Waals surface area contributed by atoms with Gasteiger partial charge in [0, 0.05) is 13.5 Å². The van der Waals surface area contributed by atoms with E-state index in [-0.39, 0.29) is 18.5 Å². The number of Topliss-reactive ketones (excluding diaryl/α,β-unsaturated/α-hetero) is 1. The second-order valence-electron chi connectivity index (χ2n) is 4.67. The summed E-state index contributed by atoms with van der Waals surface area (Å²) in [5.41, 5.74) is 8.32. The molecule has 0 aliphatic carbocycles.